The number of aromatic amines is 1. The van der Waals surface area contributed by atoms with Crippen molar-refractivity contribution in [1.29, 1.82) is 0 Å². The molecular formula is C31H40N12O3. The van der Waals surface area contributed by atoms with Crippen molar-refractivity contribution >= 4 is 28.6 Å². The highest BCUT2D eigenvalue weighted by atomic mass is 16.5. The van der Waals surface area contributed by atoms with Crippen molar-refractivity contribution in [1.82, 2.24) is 55.0 Å². The Morgan fingerprint density at radius 2 is 1.93 bits per heavy atom. The van der Waals surface area contributed by atoms with E-state index < -0.39 is 11.2 Å². The maximum absolute atomic E-state index is 13.7. The predicted molar refractivity (Wildman–Crippen MR) is 170 cm³/mol. The molecule has 0 saturated heterocycles. The lowest BCUT2D eigenvalue weighted by Gasteiger charge is -2.38. The summed E-state index contributed by atoms with van der Waals surface area (Å²) in [4.78, 5) is 32.5. The van der Waals surface area contributed by atoms with Crippen molar-refractivity contribution in [2.45, 2.75) is 90.0 Å². The fraction of sp³-hybridized carbons (Fsp3) is 0.484. The molecule has 6 rings (SSSR count). The Morgan fingerprint density at radius 1 is 1.15 bits per heavy atom. The van der Waals surface area contributed by atoms with Gasteiger partial charge in [0.15, 0.2) is 17.3 Å². The summed E-state index contributed by atoms with van der Waals surface area (Å²) in [6.07, 6.45) is 10.9. The fourth-order valence-corrected chi connectivity index (χ4v) is 5.82. The van der Waals surface area contributed by atoms with Crippen LogP contribution in [0.25, 0.3) is 16.9 Å². The van der Waals surface area contributed by atoms with Crippen molar-refractivity contribution in [2.24, 2.45) is 0 Å². The lowest BCUT2D eigenvalue weighted by atomic mass is 9.77. The molecule has 0 bridgehead atoms. The molecule has 1 fully saturated rings. The van der Waals surface area contributed by atoms with Crippen molar-refractivity contribution < 1.29 is 14.6 Å². The zero-order valence-corrected chi connectivity index (χ0v) is 26.9. The largest absolute Gasteiger partial charge is 0.389 e. The minimum atomic E-state index is -0.995. The third-order valence-corrected chi connectivity index (χ3v) is 8.36. The van der Waals surface area contributed by atoms with Gasteiger partial charge in [0.1, 0.15) is 17.2 Å². The number of amides is 1. The molecule has 0 unspecified atom stereocenters. The summed E-state index contributed by atoms with van der Waals surface area (Å²) in [6.45, 7) is 9.49. The minimum absolute atomic E-state index is 0.0193. The molecule has 46 heavy (non-hydrogen) atoms. The van der Waals surface area contributed by atoms with E-state index in [1.165, 1.54) is 0 Å². The van der Waals surface area contributed by atoms with Crippen LogP contribution in [0.5, 0.6) is 0 Å². The highest BCUT2D eigenvalue weighted by Crippen LogP contribution is 2.40. The monoisotopic (exact) mass is 628 g/mol. The normalized spacial score (nSPS) is 19.3. The number of anilines is 2. The summed E-state index contributed by atoms with van der Waals surface area (Å²) in [5.41, 5.74) is 1.21. The Kier molecular flexibility index (Phi) is 8.29. The van der Waals surface area contributed by atoms with E-state index in [1.54, 1.807) is 55.1 Å². The number of carbonyl (C=O) groups excluding carboxylic acids is 1. The van der Waals surface area contributed by atoms with Gasteiger partial charge in [-0.25, -0.2) is 24.3 Å². The first-order chi connectivity index (χ1) is 21.9. The molecule has 5 aromatic rings. The average Bonchev–Trinajstić information content (AvgIpc) is 3.76. The molecular weight excluding hydrogens is 588 g/mol. The second kappa shape index (κ2) is 12.2. The summed E-state index contributed by atoms with van der Waals surface area (Å²) in [7, 11) is 1.58. The van der Waals surface area contributed by atoms with Gasteiger partial charge in [0.25, 0.3) is 5.91 Å². The summed E-state index contributed by atoms with van der Waals surface area (Å²) >= 11 is 0. The minimum Gasteiger partial charge on any atom is -0.389 e. The number of hydrogen-bond donors (Lipinski definition) is 4. The number of H-pyrrole nitrogens is 1. The van der Waals surface area contributed by atoms with Gasteiger partial charge in [0.05, 0.1) is 54.1 Å². The molecule has 15 heteroatoms. The third kappa shape index (κ3) is 6.46. The first-order valence-electron chi connectivity index (χ1n) is 15.4. The van der Waals surface area contributed by atoms with Gasteiger partial charge in [-0.2, -0.15) is 15.3 Å². The van der Waals surface area contributed by atoms with Crippen LogP contribution in [0, 0.1) is 13.8 Å². The topological polar surface area (TPSA) is 186 Å². The van der Waals surface area contributed by atoms with Crippen LogP contribution in [0.4, 0.5) is 11.6 Å². The zero-order valence-electron chi connectivity index (χ0n) is 26.9. The number of aliphatic hydroxyl groups is 1. The molecule has 0 aromatic carbocycles. The number of methoxy groups -OCH3 is 1. The fourth-order valence-electron chi connectivity index (χ4n) is 5.82. The van der Waals surface area contributed by atoms with Gasteiger partial charge >= 0.3 is 0 Å². The van der Waals surface area contributed by atoms with E-state index in [4.69, 9.17) is 14.7 Å². The van der Waals surface area contributed by atoms with Gasteiger partial charge in [0.2, 0.25) is 0 Å². The van der Waals surface area contributed by atoms with Crippen LogP contribution in [0.3, 0.4) is 0 Å². The third-order valence-electron chi connectivity index (χ3n) is 8.36. The summed E-state index contributed by atoms with van der Waals surface area (Å²) < 4.78 is 9.27. The number of carbonyl (C=O) groups is 1. The molecule has 5 aromatic heterocycles. The lowest BCUT2D eigenvalue weighted by Crippen LogP contribution is -2.51. The van der Waals surface area contributed by atoms with Crippen molar-refractivity contribution in [2.75, 3.05) is 12.4 Å². The van der Waals surface area contributed by atoms with Crippen LogP contribution in [-0.4, -0.2) is 79.0 Å². The highest BCUT2D eigenvalue weighted by molar-refractivity contribution is 5.88. The van der Waals surface area contributed by atoms with Gasteiger partial charge in [0, 0.05) is 31.0 Å². The van der Waals surface area contributed by atoms with Crippen LogP contribution in [0.15, 0.2) is 37.1 Å². The molecule has 0 aliphatic heterocycles. The number of fused-ring (bicyclic) bond motifs is 1. The number of ether oxygens (including phenoxy) is 1. The van der Waals surface area contributed by atoms with Crippen molar-refractivity contribution in [3.63, 3.8) is 0 Å². The van der Waals surface area contributed by atoms with Crippen molar-refractivity contribution in [3.05, 3.63) is 59.8 Å². The Morgan fingerprint density at radius 3 is 2.54 bits per heavy atom. The number of rotatable bonds is 10. The summed E-state index contributed by atoms with van der Waals surface area (Å²) in [5, 5.41) is 33.6. The molecule has 1 aliphatic carbocycles. The smallest absolute Gasteiger partial charge is 0.252 e. The maximum atomic E-state index is 13.7. The van der Waals surface area contributed by atoms with Crippen LogP contribution in [-0.2, 0) is 16.1 Å². The van der Waals surface area contributed by atoms with Crippen molar-refractivity contribution in [3.8, 4) is 5.82 Å². The quantitative estimate of drug-likeness (QED) is 0.177. The summed E-state index contributed by atoms with van der Waals surface area (Å²) in [6, 6.07) is 1.52. The molecule has 15 nitrogen and oxygen atoms in total. The number of nitrogens with one attached hydrogen (secondary N) is 3. The second-order valence-electron chi connectivity index (χ2n) is 12.8. The standard InChI is InChI=1S/C31H40N12O3/c1-18-12-34-42(16-18)25-15-32-23(14-33-25)20(3)36-29(44)31(46-6)9-7-21(8-10-31)26-38-27(37-24-11-19(2)40-41-24)22-13-35-43(28(22)39-26)17-30(4,5)45/h11-16,20-21,45H,7-10,17H2,1-6H3,(H,36,44)(H2,37,38,39,40,41)/t20-,21?,31?/m0/s1. The molecule has 4 N–H and O–H groups in total. The zero-order chi connectivity index (χ0) is 32.6. The molecule has 242 valence electrons. The summed E-state index contributed by atoms with van der Waals surface area (Å²) in [5.74, 6) is 2.24. The highest BCUT2D eigenvalue weighted by Gasteiger charge is 2.43. The number of aryl methyl sites for hydroxylation is 2. The van der Waals surface area contributed by atoms with E-state index >= 15 is 0 Å². The molecule has 1 amide bonds. The first kappa shape index (κ1) is 31.2. The van der Waals surface area contributed by atoms with E-state index in [2.05, 4.69) is 41.0 Å². The SMILES string of the molecule is COC1(C(=O)N[C@@H](C)c2cnc(-n3cc(C)cn3)cn2)CCC(c2nc(Nc3cc(C)[nH]n3)c3cnn(CC(C)(C)O)c3n2)CC1. The van der Waals surface area contributed by atoms with Gasteiger partial charge in [-0.1, -0.05) is 0 Å². The Balaban J connectivity index is 1.18. The van der Waals surface area contributed by atoms with Gasteiger partial charge in [-0.3, -0.25) is 14.9 Å². The molecule has 1 atom stereocenters. The predicted octanol–water partition coefficient (Wildman–Crippen LogP) is 3.58. The molecule has 1 aliphatic rings. The first-order valence-corrected chi connectivity index (χ1v) is 15.4. The van der Waals surface area contributed by atoms with Gasteiger partial charge in [-0.15, -0.1) is 0 Å². The Labute approximate surface area is 266 Å². The van der Waals surface area contributed by atoms with E-state index in [0.29, 0.717) is 60.3 Å². The molecule has 5 heterocycles. The van der Waals surface area contributed by atoms with Gasteiger partial charge in [-0.05, 0) is 65.9 Å². The van der Waals surface area contributed by atoms with E-state index in [1.807, 2.05) is 33.0 Å². The lowest BCUT2D eigenvalue weighted by molar-refractivity contribution is -0.148. The molecule has 1 saturated carbocycles. The Bertz CT molecular complexity index is 1830. The van der Waals surface area contributed by atoms with Crippen LogP contribution in [0.1, 0.15) is 81.2 Å². The van der Waals surface area contributed by atoms with Crippen LogP contribution in [0.2, 0.25) is 0 Å². The van der Waals surface area contributed by atoms with E-state index in [0.717, 1.165) is 16.6 Å². The van der Waals surface area contributed by atoms with E-state index in [-0.39, 0.29) is 24.4 Å². The maximum Gasteiger partial charge on any atom is 0.252 e. The number of hydrogen-bond acceptors (Lipinski definition) is 11. The van der Waals surface area contributed by atoms with Crippen LogP contribution < -0.4 is 10.6 Å². The molecule has 0 spiro atoms. The number of aromatic nitrogens is 10. The average molecular weight is 629 g/mol. The molecule has 0 radical (unpaired) electrons. The van der Waals surface area contributed by atoms with Crippen LogP contribution >= 0.6 is 0 Å². The van der Waals surface area contributed by atoms with E-state index in [9.17, 15) is 9.90 Å². The number of nitrogens with zero attached hydrogens (tertiary/aromatic N) is 9. The Hall–Kier alpha value is -4.76. The second-order valence-corrected chi connectivity index (χ2v) is 12.8. The van der Waals surface area contributed by atoms with Gasteiger partial charge < -0.3 is 20.5 Å².